The summed E-state index contributed by atoms with van der Waals surface area (Å²) in [6, 6.07) is 0. The van der Waals surface area contributed by atoms with Crippen LogP contribution in [0, 0.1) is 26.2 Å². The van der Waals surface area contributed by atoms with Crippen LogP contribution >= 0.6 is 0 Å². The summed E-state index contributed by atoms with van der Waals surface area (Å²) in [6.45, 7) is 11.9. The standard InChI is InChI=1S/C13H21N3/c1-7-8-16-11(3)12(10(2)15-16)9-14-13(4,5)6/h1,14H,8-9H2,2-6H3. The van der Waals surface area contributed by atoms with Gasteiger partial charge in [-0.1, -0.05) is 5.92 Å². The molecule has 0 aliphatic carbocycles. The molecule has 0 aromatic carbocycles. The molecule has 1 N–H and O–H groups in total. The summed E-state index contributed by atoms with van der Waals surface area (Å²) in [6.07, 6.45) is 5.31. The number of hydrogen-bond donors (Lipinski definition) is 1. The smallest absolute Gasteiger partial charge is 0.102 e. The van der Waals surface area contributed by atoms with Gasteiger partial charge in [-0.25, -0.2) is 0 Å². The number of aryl methyl sites for hydroxylation is 1. The Morgan fingerprint density at radius 3 is 2.50 bits per heavy atom. The molecular weight excluding hydrogens is 198 g/mol. The number of rotatable bonds is 3. The van der Waals surface area contributed by atoms with Gasteiger partial charge in [0.05, 0.1) is 5.69 Å². The van der Waals surface area contributed by atoms with E-state index in [-0.39, 0.29) is 5.54 Å². The first-order valence-electron chi connectivity index (χ1n) is 5.56. The van der Waals surface area contributed by atoms with E-state index in [4.69, 9.17) is 6.42 Å². The number of nitrogens with zero attached hydrogens (tertiary/aromatic N) is 2. The molecule has 0 saturated heterocycles. The molecule has 0 saturated carbocycles. The molecular formula is C13H21N3. The second-order valence-corrected chi connectivity index (χ2v) is 5.11. The van der Waals surface area contributed by atoms with Crippen LogP contribution in [0.25, 0.3) is 0 Å². The fraction of sp³-hybridized carbons (Fsp3) is 0.615. The monoisotopic (exact) mass is 219 g/mol. The van der Waals surface area contributed by atoms with E-state index >= 15 is 0 Å². The maximum absolute atomic E-state index is 5.31. The lowest BCUT2D eigenvalue weighted by molar-refractivity contribution is 0.423. The third-order valence-electron chi connectivity index (χ3n) is 2.57. The van der Waals surface area contributed by atoms with Crippen LogP contribution in [0.4, 0.5) is 0 Å². The number of terminal acetylenes is 1. The summed E-state index contributed by atoms with van der Waals surface area (Å²) in [5, 5.41) is 7.91. The van der Waals surface area contributed by atoms with Crippen LogP contribution in [0.5, 0.6) is 0 Å². The number of aromatic nitrogens is 2. The van der Waals surface area contributed by atoms with Crippen molar-refractivity contribution in [3.63, 3.8) is 0 Å². The molecule has 88 valence electrons. The van der Waals surface area contributed by atoms with Gasteiger partial charge < -0.3 is 5.32 Å². The summed E-state index contributed by atoms with van der Waals surface area (Å²) >= 11 is 0. The van der Waals surface area contributed by atoms with Crippen molar-refractivity contribution < 1.29 is 0 Å². The first-order chi connectivity index (χ1) is 7.35. The minimum Gasteiger partial charge on any atom is -0.308 e. The lowest BCUT2D eigenvalue weighted by Gasteiger charge is -2.20. The fourth-order valence-electron chi connectivity index (χ4n) is 1.58. The van der Waals surface area contributed by atoms with E-state index in [1.807, 2.05) is 11.6 Å². The molecule has 0 atom stereocenters. The number of hydrogen-bond acceptors (Lipinski definition) is 2. The van der Waals surface area contributed by atoms with Gasteiger partial charge in [0.2, 0.25) is 0 Å². The predicted molar refractivity (Wildman–Crippen MR) is 67.1 cm³/mol. The van der Waals surface area contributed by atoms with E-state index in [9.17, 15) is 0 Å². The van der Waals surface area contributed by atoms with Crippen LogP contribution < -0.4 is 5.32 Å². The Balaban J connectivity index is 2.85. The number of nitrogens with one attached hydrogen (secondary N) is 1. The lowest BCUT2D eigenvalue weighted by atomic mass is 10.1. The Morgan fingerprint density at radius 1 is 1.38 bits per heavy atom. The Kier molecular flexibility index (Phi) is 3.77. The van der Waals surface area contributed by atoms with E-state index < -0.39 is 0 Å². The van der Waals surface area contributed by atoms with Gasteiger partial charge in [0.25, 0.3) is 0 Å². The summed E-state index contributed by atoms with van der Waals surface area (Å²) in [5.74, 6) is 2.62. The van der Waals surface area contributed by atoms with Crippen LogP contribution in [0.1, 0.15) is 37.7 Å². The molecule has 0 aliphatic rings. The largest absolute Gasteiger partial charge is 0.308 e. The molecule has 0 fully saturated rings. The molecule has 1 aromatic rings. The van der Waals surface area contributed by atoms with Crippen molar-refractivity contribution in [2.45, 2.75) is 53.2 Å². The maximum atomic E-state index is 5.31. The molecule has 0 aliphatic heterocycles. The summed E-state index contributed by atoms with van der Waals surface area (Å²) < 4.78 is 1.88. The minimum absolute atomic E-state index is 0.118. The van der Waals surface area contributed by atoms with Crippen LogP contribution in [0.2, 0.25) is 0 Å². The predicted octanol–water partition coefficient (Wildman–Crippen LogP) is 2.02. The average Bonchev–Trinajstić information content (AvgIpc) is 2.39. The Bertz CT molecular complexity index is 402. The molecule has 0 spiro atoms. The van der Waals surface area contributed by atoms with Crippen molar-refractivity contribution in [3.8, 4) is 12.3 Å². The summed E-state index contributed by atoms with van der Waals surface area (Å²) in [7, 11) is 0. The van der Waals surface area contributed by atoms with Gasteiger partial charge in [-0.2, -0.15) is 5.10 Å². The normalized spacial score (nSPS) is 11.5. The molecule has 3 heteroatoms. The van der Waals surface area contributed by atoms with Gasteiger partial charge in [0.15, 0.2) is 0 Å². The zero-order chi connectivity index (χ0) is 12.3. The first-order valence-corrected chi connectivity index (χ1v) is 5.56. The minimum atomic E-state index is 0.118. The highest BCUT2D eigenvalue weighted by Gasteiger charge is 2.14. The molecule has 16 heavy (non-hydrogen) atoms. The zero-order valence-corrected chi connectivity index (χ0v) is 10.9. The quantitative estimate of drug-likeness (QED) is 0.788. The topological polar surface area (TPSA) is 29.9 Å². The van der Waals surface area contributed by atoms with E-state index in [0.717, 1.165) is 17.9 Å². The van der Waals surface area contributed by atoms with Crippen LogP contribution in [0.3, 0.4) is 0 Å². The van der Waals surface area contributed by atoms with Crippen molar-refractivity contribution in [2.75, 3.05) is 0 Å². The Hall–Kier alpha value is -1.27. The molecule has 1 heterocycles. The van der Waals surface area contributed by atoms with Gasteiger partial charge >= 0.3 is 0 Å². The second kappa shape index (κ2) is 4.71. The summed E-state index contributed by atoms with van der Waals surface area (Å²) in [5.41, 5.74) is 3.59. The van der Waals surface area contributed by atoms with Gasteiger partial charge in [0.1, 0.15) is 6.54 Å². The van der Waals surface area contributed by atoms with Crippen LogP contribution in [-0.4, -0.2) is 15.3 Å². The van der Waals surface area contributed by atoms with E-state index in [0.29, 0.717) is 6.54 Å². The van der Waals surface area contributed by atoms with Crippen LogP contribution in [0.15, 0.2) is 0 Å². The Labute approximate surface area is 98.2 Å². The second-order valence-electron chi connectivity index (χ2n) is 5.11. The van der Waals surface area contributed by atoms with E-state index in [1.54, 1.807) is 0 Å². The van der Waals surface area contributed by atoms with Crippen molar-refractivity contribution in [2.24, 2.45) is 0 Å². The van der Waals surface area contributed by atoms with Gasteiger partial charge in [-0.15, -0.1) is 6.42 Å². The van der Waals surface area contributed by atoms with Crippen molar-refractivity contribution in [3.05, 3.63) is 17.0 Å². The molecule has 3 nitrogen and oxygen atoms in total. The highest BCUT2D eigenvalue weighted by molar-refractivity contribution is 5.25. The maximum Gasteiger partial charge on any atom is 0.102 e. The summed E-state index contributed by atoms with van der Waals surface area (Å²) in [4.78, 5) is 0. The molecule has 1 aromatic heterocycles. The molecule has 0 bridgehead atoms. The van der Waals surface area contributed by atoms with Gasteiger partial charge in [-0.3, -0.25) is 4.68 Å². The highest BCUT2D eigenvalue weighted by Crippen LogP contribution is 2.14. The molecule has 0 radical (unpaired) electrons. The zero-order valence-electron chi connectivity index (χ0n) is 10.9. The molecule has 0 unspecified atom stereocenters. The van der Waals surface area contributed by atoms with Crippen molar-refractivity contribution in [1.29, 1.82) is 0 Å². The highest BCUT2D eigenvalue weighted by atomic mass is 15.3. The van der Waals surface area contributed by atoms with Gasteiger partial charge in [0, 0.05) is 23.3 Å². The SMILES string of the molecule is C#CCn1nc(C)c(CNC(C)(C)C)c1C. The molecule has 1 rings (SSSR count). The first kappa shape index (κ1) is 12.8. The van der Waals surface area contributed by atoms with E-state index in [2.05, 4.69) is 44.0 Å². The van der Waals surface area contributed by atoms with Gasteiger partial charge in [-0.05, 0) is 34.6 Å². The third-order valence-corrected chi connectivity index (χ3v) is 2.57. The fourth-order valence-corrected chi connectivity index (χ4v) is 1.58. The lowest BCUT2D eigenvalue weighted by Crippen LogP contribution is -2.35. The van der Waals surface area contributed by atoms with Crippen LogP contribution in [-0.2, 0) is 13.1 Å². The average molecular weight is 219 g/mol. The van der Waals surface area contributed by atoms with Crippen molar-refractivity contribution in [1.82, 2.24) is 15.1 Å². The Morgan fingerprint density at radius 2 is 2.00 bits per heavy atom. The third kappa shape index (κ3) is 3.11. The molecule has 0 amide bonds. The van der Waals surface area contributed by atoms with Crippen molar-refractivity contribution >= 4 is 0 Å². The van der Waals surface area contributed by atoms with E-state index in [1.165, 1.54) is 5.56 Å².